The first-order valence-electron chi connectivity index (χ1n) is 3.34. The molecular formula is C6H13NOS2. The van der Waals surface area contributed by atoms with Crippen LogP contribution >= 0.6 is 12.6 Å². The molecule has 0 bridgehead atoms. The SMILES string of the molecule is C=S(=O)(NC(C)S)C1CC1. The van der Waals surface area contributed by atoms with Crippen LogP contribution in [0.15, 0.2) is 0 Å². The molecule has 0 aromatic heterocycles. The molecule has 2 nitrogen and oxygen atoms in total. The Kier molecular flexibility index (Phi) is 2.32. The van der Waals surface area contributed by atoms with Crippen molar-refractivity contribution >= 4 is 28.2 Å². The quantitative estimate of drug-likeness (QED) is 0.372. The van der Waals surface area contributed by atoms with Crippen LogP contribution in [-0.4, -0.2) is 20.7 Å². The summed E-state index contributed by atoms with van der Waals surface area (Å²) < 4.78 is 14.3. The second-order valence-electron chi connectivity index (χ2n) is 2.72. The smallest absolute Gasteiger partial charge is 0.0586 e. The van der Waals surface area contributed by atoms with Crippen molar-refractivity contribution in [2.45, 2.75) is 30.4 Å². The minimum atomic E-state index is -2.01. The van der Waals surface area contributed by atoms with E-state index in [0.29, 0.717) is 5.25 Å². The third-order valence-corrected chi connectivity index (χ3v) is 4.04. The zero-order valence-corrected chi connectivity index (χ0v) is 7.75. The highest BCUT2D eigenvalue weighted by molar-refractivity contribution is 7.99. The first-order valence-corrected chi connectivity index (χ1v) is 5.64. The summed E-state index contributed by atoms with van der Waals surface area (Å²) in [7, 11) is -2.01. The van der Waals surface area contributed by atoms with Gasteiger partial charge in [-0.25, -0.2) is 4.72 Å². The van der Waals surface area contributed by atoms with Gasteiger partial charge in [-0.15, -0.1) is 0 Å². The van der Waals surface area contributed by atoms with Crippen molar-refractivity contribution < 1.29 is 4.21 Å². The molecule has 1 rings (SSSR count). The van der Waals surface area contributed by atoms with Crippen LogP contribution in [0.3, 0.4) is 0 Å². The predicted octanol–water partition coefficient (Wildman–Crippen LogP) is 0.646. The normalized spacial score (nSPS) is 27.4. The van der Waals surface area contributed by atoms with Gasteiger partial charge in [-0.1, -0.05) is 0 Å². The standard InChI is InChI=1S/C6H13NOS2/c1-5(9)7-10(2,8)6-3-4-6/h5-6,9H,2-4H2,1H3,(H,7,8). The van der Waals surface area contributed by atoms with Gasteiger partial charge in [-0.2, -0.15) is 12.6 Å². The van der Waals surface area contributed by atoms with Gasteiger partial charge in [0.25, 0.3) is 0 Å². The number of hydrogen-bond donors (Lipinski definition) is 2. The second-order valence-corrected chi connectivity index (χ2v) is 5.85. The topological polar surface area (TPSA) is 29.1 Å². The number of thiol groups is 1. The maximum atomic E-state index is 11.5. The van der Waals surface area contributed by atoms with Crippen molar-refractivity contribution in [1.29, 1.82) is 0 Å². The van der Waals surface area contributed by atoms with Gasteiger partial charge >= 0.3 is 0 Å². The minimum absolute atomic E-state index is 0.0226. The Hall–Kier alpha value is 0.330. The molecule has 2 atom stereocenters. The van der Waals surface area contributed by atoms with E-state index in [2.05, 4.69) is 23.2 Å². The Morgan fingerprint density at radius 1 is 1.80 bits per heavy atom. The van der Waals surface area contributed by atoms with Gasteiger partial charge in [0, 0.05) is 15.0 Å². The molecule has 0 aromatic carbocycles. The number of nitrogens with one attached hydrogen (secondary N) is 1. The fourth-order valence-electron chi connectivity index (χ4n) is 0.834. The molecule has 1 aliphatic rings. The molecule has 1 aliphatic carbocycles. The highest BCUT2D eigenvalue weighted by atomic mass is 32.2. The molecule has 1 fully saturated rings. The molecule has 0 aliphatic heterocycles. The van der Waals surface area contributed by atoms with Crippen LogP contribution in [-0.2, 0) is 9.71 Å². The van der Waals surface area contributed by atoms with Gasteiger partial charge in [0.15, 0.2) is 0 Å². The molecule has 4 heteroatoms. The summed E-state index contributed by atoms with van der Waals surface area (Å²) >= 11 is 4.08. The van der Waals surface area contributed by atoms with Crippen LogP contribution in [0.1, 0.15) is 19.8 Å². The first-order chi connectivity index (χ1) is 4.52. The molecule has 0 aromatic rings. The Morgan fingerprint density at radius 3 is 2.60 bits per heavy atom. The predicted molar refractivity (Wildman–Crippen MR) is 49.9 cm³/mol. The van der Waals surface area contributed by atoms with Crippen LogP contribution in [0.5, 0.6) is 0 Å². The fourth-order valence-corrected chi connectivity index (χ4v) is 3.04. The summed E-state index contributed by atoms with van der Waals surface area (Å²) in [5.74, 6) is 3.64. The summed E-state index contributed by atoms with van der Waals surface area (Å²) in [5, 5.41) is 0.285. The van der Waals surface area contributed by atoms with Crippen molar-refractivity contribution in [3.05, 3.63) is 0 Å². The number of hydrogen-bond acceptors (Lipinski definition) is 2. The van der Waals surface area contributed by atoms with Gasteiger partial charge < -0.3 is 0 Å². The average Bonchev–Trinajstić information content (AvgIpc) is 2.35. The lowest BCUT2D eigenvalue weighted by molar-refractivity contribution is 0.668. The zero-order chi connectivity index (χ0) is 7.78. The lowest BCUT2D eigenvalue weighted by Crippen LogP contribution is -2.31. The Morgan fingerprint density at radius 2 is 2.30 bits per heavy atom. The van der Waals surface area contributed by atoms with Crippen LogP contribution in [0.4, 0.5) is 0 Å². The van der Waals surface area contributed by atoms with E-state index in [-0.39, 0.29) is 5.37 Å². The molecule has 60 valence electrons. The summed E-state index contributed by atoms with van der Waals surface area (Å²) in [5.41, 5.74) is 0. The van der Waals surface area contributed by atoms with Gasteiger partial charge in [0.2, 0.25) is 0 Å². The van der Waals surface area contributed by atoms with E-state index in [4.69, 9.17) is 0 Å². The summed E-state index contributed by atoms with van der Waals surface area (Å²) in [4.78, 5) is 0. The molecular weight excluding hydrogens is 166 g/mol. The largest absolute Gasteiger partial charge is 0.253 e. The molecule has 0 saturated heterocycles. The van der Waals surface area contributed by atoms with Crippen LogP contribution in [0.2, 0.25) is 0 Å². The summed E-state index contributed by atoms with van der Waals surface area (Å²) in [6.45, 7) is 1.86. The van der Waals surface area contributed by atoms with Gasteiger partial charge in [0.1, 0.15) is 0 Å². The van der Waals surface area contributed by atoms with E-state index in [1.54, 1.807) is 0 Å². The van der Waals surface area contributed by atoms with E-state index in [9.17, 15) is 4.21 Å². The van der Waals surface area contributed by atoms with E-state index < -0.39 is 9.71 Å². The first kappa shape index (κ1) is 8.43. The summed E-state index contributed by atoms with van der Waals surface area (Å²) in [6.07, 6.45) is 2.10. The van der Waals surface area contributed by atoms with Crippen LogP contribution in [0, 0.1) is 0 Å². The number of rotatable bonds is 3. The van der Waals surface area contributed by atoms with E-state index in [1.165, 1.54) is 0 Å². The summed E-state index contributed by atoms with van der Waals surface area (Å²) in [6, 6.07) is 0. The van der Waals surface area contributed by atoms with Crippen molar-refractivity contribution in [2.75, 3.05) is 0 Å². The Balaban J connectivity index is 2.51. The highest BCUT2D eigenvalue weighted by Crippen LogP contribution is 2.27. The Bertz CT molecular complexity index is 204. The van der Waals surface area contributed by atoms with Crippen molar-refractivity contribution in [2.24, 2.45) is 0 Å². The monoisotopic (exact) mass is 179 g/mol. The lowest BCUT2D eigenvalue weighted by Gasteiger charge is -2.11. The molecule has 0 spiro atoms. The Labute approximate surface area is 67.9 Å². The molecule has 0 heterocycles. The maximum Gasteiger partial charge on any atom is 0.0586 e. The van der Waals surface area contributed by atoms with E-state index >= 15 is 0 Å². The maximum absolute atomic E-state index is 11.5. The highest BCUT2D eigenvalue weighted by Gasteiger charge is 2.30. The molecule has 1 saturated carbocycles. The molecule has 2 unspecified atom stereocenters. The van der Waals surface area contributed by atoms with Crippen molar-refractivity contribution in [3.63, 3.8) is 0 Å². The van der Waals surface area contributed by atoms with Gasteiger partial charge in [-0.05, 0) is 25.6 Å². The van der Waals surface area contributed by atoms with Crippen LogP contribution in [0.25, 0.3) is 0 Å². The molecule has 1 N–H and O–H groups in total. The van der Waals surface area contributed by atoms with Crippen molar-refractivity contribution in [3.8, 4) is 0 Å². The van der Waals surface area contributed by atoms with E-state index in [0.717, 1.165) is 12.8 Å². The van der Waals surface area contributed by atoms with Crippen LogP contribution < -0.4 is 4.72 Å². The van der Waals surface area contributed by atoms with E-state index in [1.807, 2.05) is 6.92 Å². The third kappa shape index (κ3) is 2.18. The minimum Gasteiger partial charge on any atom is -0.253 e. The third-order valence-electron chi connectivity index (χ3n) is 1.43. The molecule has 10 heavy (non-hydrogen) atoms. The lowest BCUT2D eigenvalue weighted by atomic mass is 10.8. The zero-order valence-electron chi connectivity index (χ0n) is 6.04. The van der Waals surface area contributed by atoms with Gasteiger partial charge in [0.05, 0.1) is 5.37 Å². The molecule has 0 radical (unpaired) electrons. The second kappa shape index (κ2) is 2.75. The average molecular weight is 179 g/mol. The fraction of sp³-hybridized carbons (Fsp3) is 0.833. The van der Waals surface area contributed by atoms with Crippen molar-refractivity contribution in [1.82, 2.24) is 4.72 Å². The molecule has 0 amide bonds. The van der Waals surface area contributed by atoms with Gasteiger partial charge in [-0.3, -0.25) is 4.21 Å².